The van der Waals surface area contributed by atoms with Crippen LogP contribution >= 0.6 is 0 Å². The number of nitrogens with one attached hydrogen (secondary N) is 1. The van der Waals surface area contributed by atoms with E-state index in [0.29, 0.717) is 25.9 Å². The summed E-state index contributed by atoms with van der Waals surface area (Å²) >= 11 is 0. The molecule has 3 N–H and O–H groups in total. The minimum Gasteiger partial charge on any atom is -0.466 e. The van der Waals surface area contributed by atoms with Crippen LogP contribution in [-0.4, -0.2) is 47.4 Å². The molecule has 1 amide bonds. The Morgan fingerprint density at radius 1 is 0.338 bits per heavy atom. The third kappa shape index (κ3) is 65.5. The van der Waals surface area contributed by atoms with Crippen LogP contribution in [0.5, 0.6) is 0 Å². The highest BCUT2D eigenvalue weighted by molar-refractivity contribution is 5.76. The number of unbranched alkanes of at least 4 members (excludes halogenated alkanes) is 54. The Balaban J connectivity index is 3.40. The second-order valence-electron chi connectivity index (χ2n) is 25.3. The van der Waals surface area contributed by atoms with Crippen LogP contribution in [0.1, 0.15) is 412 Å². The first kappa shape index (κ1) is 78.3. The van der Waals surface area contributed by atoms with Crippen LogP contribution in [0.3, 0.4) is 0 Å². The van der Waals surface area contributed by atoms with Crippen LogP contribution in [0.25, 0.3) is 0 Å². The quantitative estimate of drug-likeness (QED) is 0.0320. The van der Waals surface area contributed by atoms with Crippen LogP contribution in [-0.2, 0) is 14.3 Å². The van der Waals surface area contributed by atoms with Gasteiger partial charge in [0.2, 0.25) is 5.91 Å². The topological polar surface area (TPSA) is 95.9 Å². The van der Waals surface area contributed by atoms with Crippen LogP contribution in [0.4, 0.5) is 0 Å². The summed E-state index contributed by atoms with van der Waals surface area (Å²) in [4.78, 5) is 24.6. The maximum absolute atomic E-state index is 12.6. The summed E-state index contributed by atoms with van der Waals surface area (Å²) in [5.74, 6) is -0.0290. The normalized spacial score (nSPS) is 12.6. The van der Waals surface area contributed by atoms with Gasteiger partial charge in [-0.25, -0.2) is 0 Å². The summed E-state index contributed by atoms with van der Waals surface area (Å²) in [6.45, 7) is 4.98. The zero-order valence-corrected chi connectivity index (χ0v) is 54.3. The van der Waals surface area contributed by atoms with Crippen molar-refractivity contribution in [1.29, 1.82) is 0 Å². The van der Waals surface area contributed by atoms with Crippen molar-refractivity contribution in [2.24, 2.45) is 0 Å². The van der Waals surface area contributed by atoms with Crippen LogP contribution in [0.2, 0.25) is 0 Å². The van der Waals surface area contributed by atoms with Crippen molar-refractivity contribution < 1.29 is 24.5 Å². The number of aliphatic hydroxyl groups excluding tert-OH is 2. The zero-order valence-electron chi connectivity index (χ0n) is 54.3. The first-order valence-corrected chi connectivity index (χ1v) is 36.6. The molecule has 6 heteroatoms. The number of allylic oxidation sites excluding steroid dienone is 4. The summed E-state index contributed by atoms with van der Waals surface area (Å²) < 4.78 is 5.49. The van der Waals surface area contributed by atoms with Crippen molar-refractivity contribution in [3.63, 3.8) is 0 Å². The predicted molar refractivity (Wildman–Crippen MR) is 352 cm³/mol. The smallest absolute Gasteiger partial charge is 0.305 e. The van der Waals surface area contributed by atoms with Crippen LogP contribution in [0.15, 0.2) is 24.3 Å². The highest BCUT2D eigenvalue weighted by atomic mass is 16.5. The van der Waals surface area contributed by atoms with E-state index in [2.05, 4.69) is 43.5 Å². The van der Waals surface area contributed by atoms with Crippen molar-refractivity contribution in [1.82, 2.24) is 5.32 Å². The van der Waals surface area contributed by atoms with E-state index >= 15 is 0 Å². The van der Waals surface area contributed by atoms with Gasteiger partial charge in [-0.05, 0) is 77.0 Å². The molecular weight excluding hydrogens is 983 g/mol. The number of esters is 1. The molecule has 0 heterocycles. The number of ether oxygens (including phenoxy) is 1. The van der Waals surface area contributed by atoms with E-state index in [4.69, 9.17) is 4.74 Å². The zero-order chi connectivity index (χ0) is 57.8. The fourth-order valence-corrected chi connectivity index (χ4v) is 11.6. The van der Waals surface area contributed by atoms with E-state index in [1.807, 2.05) is 0 Å². The van der Waals surface area contributed by atoms with Crippen molar-refractivity contribution >= 4 is 11.9 Å². The molecule has 6 nitrogen and oxygen atoms in total. The molecule has 474 valence electrons. The van der Waals surface area contributed by atoms with Crippen molar-refractivity contribution in [2.75, 3.05) is 13.2 Å². The van der Waals surface area contributed by atoms with Gasteiger partial charge in [-0.15, -0.1) is 0 Å². The first-order valence-electron chi connectivity index (χ1n) is 36.6. The standard InChI is InChI=1S/C74H143NO5/c1-3-5-7-9-11-13-15-17-19-20-21-22-23-26-29-32-35-39-42-46-50-54-58-62-66-72(77)71(70-76)75-73(78)67-63-59-55-51-47-43-40-36-33-30-27-24-25-28-31-34-37-41-45-49-53-57-61-65-69-80-74(79)68-64-60-56-52-48-44-38-18-16-14-12-10-8-6-4-2/h18,27,30,38,71-72,76-77H,3-17,19-26,28-29,31-37,39-70H2,1-2H3,(H,75,78)/b30-27-,38-18-. The predicted octanol–water partition coefficient (Wildman–Crippen LogP) is 23.7. The van der Waals surface area contributed by atoms with Gasteiger partial charge >= 0.3 is 5.97 Å². The molecule has 80 heavy (non-hydrogen) atoms. The Bertz CT molecular complexity index is 1250. The third-order valence-electron chi connectivity index (χ3n) is 17.2. The second-order valence-corrected chi connectivity index (χ2v) is 25.3. The number of rotatable bonds is 69. The lowest BCUT2D eigenvalue weighted by Crippen LogP contribution is -2.45. The SMILES string of the molecule is CCCCCCCC/C=C\CCCCCCCC(=O)OCCCCCCCCCCCCCC/C=C\CCCCCCCCCCC(=O)NC(CO)C(O)CCCCCCCCCCCCCCCCCCCCCCCCCC. The summed E-state index contributed by atoms with van der Waals surface area (Å²) in [6.07, 6.45) is 88.0. The molecule has 0 saturated carbocycles. The molecule has 0 aliphatic heterocycles. The number of amides is 1. The average molecular weight is 1130 g/mol. The Kier molecular flexibility index (Phi) is 68.4. The number of hydrogen-bond donors (Lipinski definition) is 3. The summed E-state index contributed by atoms with van der Waals surface area (Å²) in [5, 5.41) is 23.4. The van der Waals surface area contributed by atoms with Gasteiger partial charge in [0.15, 0.2) is 0 Å². The summed E-state index contributed by atoms with van der Waals surface area (Å²) in [7, 11) is 0. The van der Waals surface area contributed by atoms with Crippen LogP contribution < -0.4 is 5.32 Å². The van der Waals surface area contributed by atoms with E-state index in [1.165, 1.54) is 334 Å². The molecule has 0 bridgehead atoms. The first-order chi connectivity index (χ1) is 39.5. The Hall–Kier alpha value is -1.66. The van der Waals surface area contributed by atoms with Gasteiger partial charge in [0.05, 0.1) is 25.4 Å². The Labute approximate surface area is 501 Å². The fourth-order valence-electron chi connectivity index (χ4n) is 11.6. The summed E-state index contributed by atoms with van der Waals surface area (Å²) in [5.41, 5.74) is 0. The van der Waals surface area contributed by atoms with E-state index in [1.54, 1.807) is 0 Å². The van der Waals surface area contributed by atoms with Gasteiger partial charge in [0.25, 0.3) is 0 Å². The maximum Gasteiger partial charge on any atom is 0.305 e. The van der Waals surface area contributed by atoms with E-state index in [9.17, 15) is 19.8 Å². The number of carbonyl (C=O) groups excluding carboxylic acids is 2. The van der Waals surface area contributed by atoms with E-state index < -0.39 is 12.1 Å². The average Bonchev–Trinajstić information content (AvgIpc) is 3.46. The van der Waals surface area contributed by atoms with Gasteiger partial charge in [-0.3, -0.25) is 9.59 Å². The van der Waals surface area contributed by atoms with E-state index in [0.717, 1.165) is 44.9 Å². The molecule has 0 aromatic rings. The largest absolute Gasteiger partial charge is 0.466 e. The fraction of sp³-hybridized carbons (Fsp3) is 0.919. The molecule has 0 rings (SSSR count). The van der Waals surface area contributed by atoms with Gasteiger partial charge in [0.1, 0.15) is 0 Å². The highest BCUT2D eigenvalue weighted by Gasteiger charge is 2.20. The number of carbonyl (C=O) groups is 2. The summed E-state index contributed by atoms with van der Waals surface area (Å²) in [6, 6.07) is -0.546. The Morgan fingerprint density at radius 3 is 0.887 bits per heavy atom. The van der Waals surface area contributed by atoms with Gasteiger partial charge in [0, 0.05) is 12.8 Å². The molecule has 0 spiro atoms. The molecule has 0 aromatic carbocycles. The molecule has 0 fully saturated rings. The molecule has 0 saturated heterocycles. The molecular formula is C74H143NO5. The molecule has 0 aliphatic rings. The van der Waals surface area contributed by atoms with Gasteiger partial charge in [-0.2, -0.15) is 0 Å². The monoisotopic (exact) mass is 1130 g/mol. The lowest BCUT2D eigenvalue weighted by Gasteiger charge is -2.22. The minimum absolute atomic E-state index is 0.00562. The lowest BCUT2D eigenvalue weighted by molar-refractivity contribution is -0.143. The van der Waals surface area contributed by atoms with Crippen molar-refractivity contribution in [3.8, 4) is 0 Å². The van der Waals surface area contributed by atoms with Gasteiger partial charge < -0.3 is 20.3 Å². The molecule has 2 atom stereocenters. The molecule has 0 radical (unpaired) electrons. The number of hydrogen-bond acceptors (Lipinski definition) is 5. The second kappa shape index (κ2) is 69.8. The molecule has 2 unspecified atom stereocenters. The highest BCUT2D eigenvalue weighted by Crippen LogP contribution is 2.19. The van der Waals surface area contributed by atoms with Crippen molar-refractivity contribution in [2.45, 2.75) is 424 Å². The maximum atomic E-state index is 12.6. The Morgan fingerprint density at radius 2 is 0.588 bits per heavy atom. The van der Waals surface area contributed by atoms with Crippen molar-refractivity contribution in [3.05, 3.63) is 24.3 Å². The van der Waals surface area contributed by atoms with Crippen LogP contribution in [0, 0.1) is 0 Å². The minimum atomic E-state index is -0.669. The molecule has 0 aromatic heterocycles. The number of aliphatic hydroxyl groups is 2. The molecule has 0 aliphatic carbocycles. The van der Waals surface area contributed by atoms with E-state index in [-0.39, 0.29) is 18.5 Å². The van der Waals surface area contributed by atoms with Gasteiger partial charge in [-0.1, -0.05) is 346 Å². The lowest BCUT2D eigenvalue weighted by atomic mass is 10.0. The third-order valence-corrected chi connectivity index (χ3v) is 17.2.